The molecule has 1 fully saturated rings. The van der Waals surface area contributed by atoms with E-state index in [2.05, 4.69) is 62.0 Å². The predicted molar refractivity (Wildman–Crippen MR) is 135 cm³/mol. The molecule has 5 nitrogen and oxygen atoms in total. The third kappa shape index (κ3) is 12.5. The molecule has 0 aromatic carbocycles. The van der Waals surface area contributed by atoms with Crippen molar-refractivity contribution in [1.29, 1.82) is 0 Å². The number of likely N-dealkylation sites (tertiary alicyclic amines) is 1. The summed E-state index contributed by atoms with van der Waals surface area (Å²) < 4.78 is 0. The number of nitrogens with zero attached hydrogens (tertiary/aromatic N) is 3. The van der Waals surface area contributed by atoms with E-state index in [1.165, 1.54) is 51.9 Å². The highest BCUT2D eigenvalue weighted by molar-refractivity contribution is 14.0. The molecule has 1 aliphatic heterocycles. The monoisotopic (exact) mass is 509 g/mol. The SMILES string of the molecule is CCNC(=NCC1CCCN(CC(C)C)C1)NC(C)CCCN(CC)CC.I. The lowest BCUT2D eigenvalue weighted by molar-refractivity contribution is 0.162. The molecule has 0 aromatic rings. The Morgan fingerprint density at radius 1 is 1.18 bits per heavy atom. The highest BCUT2D eigenvalue weighted by Gasteiger charge is 2.20. The molecule has 0 radical (unpaired) electrons. The minimum atomic E-state index is 0. The van der Waals surface area contributed by atoms with Crippen LogP contribution in [0.5, 0.6) is 0 Å². The predicted octanol–water partition coefficient (Wildman–Crippen LogP) is 4.04. The molecule has 0 aliphatic carbocycles. The lowest BCUT2D eigenvalue weighted by atomic mass is 9.97. The van der Waals surface area contributed by atoms with Gasteiger partial charge in [-0.25, -0.2) is 0 Å². The van der Waals surface area contributed by atoms with Crippen LogP contribution < -0.4 is 10.6 Å². The molecule has 1 rings (SSSR count). The van der Waals surface area contributed by atoms with E-state index in [9.17, 15) is 0 Å². The smallest absolute Gasteiger partial charge is 0.191 e. The fourth-order valence-electron chi connectivity index (χ4n) is 3.99. The Bertz CT molecular complexity index is 398. The maximum absolute atomic E-state index is 4.92. The van der Waals surface area contributed by atoms with Crippen molar-refractivity contribution in [2.24, 2.45) is 16.8 Å². The van der Waals surface area contributed by atoms with Crippen molar-refractivity contribution in [2.75, 3.05) is 52.4 Å². The molecular weight excluding hydrogens is 461 g/mol. The number of hydrogen-bond donors (Lipinski definition) is 2. The second-order valence-electron chi connectivity index (χ2n) is 8.60. The standard InChI is InChI=1S/C22H47N5.HI/c1-7-23-22(25-20(6)12-10-14-26(8-2)9-3)24-16-21-13-11-15-27(18-21)17-19(4)5;/h19-21H,7-18H2,1-6H3,(H2,23,24,25);1H. The lowest BCUT2D eigenvalue weighted by Gasteiger charge is -2.33. The fraction of sp³-hybridized carbons (Fsp3) is 0.955. The largest absolute Gasteiger partial charge is 0.357 e. The van der Waals surface area contributed by atoms with Gasteiger partial charge in [-0.05, 0) is 77.5 Å². The lowest BCUT2D eigenvalue weighted by Crippen LogP contribution is -2.43. The summed E-state index contributed by atoms with van der Waals surface area (Å²) in [6, 6.07) is 0.460. The van der Waals surface area contributed by atoms with Crippen molar-refractivity contribution in [3.8, 4) is 0 Å². The Hall–Kier alpha value is -0.0800. The van der Waals surface area contributed by atoms with Gasteiger partial charge in [0.15, 0.2) is 5.96 Å². The molecule has 168 valence electrons. The highest BCUT2D eigenvalue weighted by Crippen LogP contribution is 2.17. The molecule has 1 saturated heterocycles. The second-order valence-corrected chi connectivity index (χ2v) is 8.60. The molecule has 2 N–H and O–H groups in total. The van der Waals surface area contributed by atoms with Gasteiger partial charge in [-0.3, -0.25) is 4.99 Å². The highest BCUT2D eigenvalue weighted by atomic mass is 127. The Morgan fingerprint density at radius 3 is 2.50 bits per heavy atom. The zero-order valence-corrected chi connectivity index (χ0v) is 21.8. The van der Waals surface area contributed by atoms with E-state index in [-0.39, 0.29) is 24.0 Å². The van der Waals surface area contributed by atoms with Crippen LogP contribution >= 0.6 is 24.0 Å². The maximum Gasteiger partial charge on any atom is 0.191 e. The minimum Gasteiger partial charge on any atom is -0.357 e. The van der Waals surface area contributed by atoms with E-state index in [1.54, 1.807) is 0 Å². The first-order valence-corrected chi connectivity index (χ1v) is 11.5. The first-order chi connectivity index (χ1) is 13.0. The van der Waals surface area contributed by atoms with Crippen LogP contribution in [0.1, 0.15) is 67.2 Å². The van der Waals surface area contributed by atoms with Crippen LogP contribution in [0, 0.1) is 11.8 Å². The molecule has 0 spiro atoms. The van der Waals surface area contributed by atoms with Crippen LogP contribution in [0.25, 0.3) is 0 Å². The van der Waals surface area contributed by atoms with Crippen LogP contribution in [0.4, 0.5) is 0 Å². The first kappa shape index (κ1) is 27.9. The van der Waals surface area contributed by atoms with Crippen LogP contribution in [0.3, 0.4) is 0 Å². The molecule has 0 saturated carbocycles. The van der Waals surface area contributed by atoms with Crippen molar-refractivity contribution in [3.63, 3.8) is 0 Å². The minimum absolute atomic E-state index is 0. The summed E-state index contributed by atoms with van der Waals surface area (Å²) in [5.74, 6) is 2.45. The zero-order chi connectivity index (χ0) is 20.1. The molecule has 0 bridgehead atoms. The number of hydrogen-bond acceptors (Lipinski definition) is 3. The number of guanidine groups is 1. The third-order valence-electron chi connectivity index (χ3n) is 5.47. The quantitative estimate of drug-likeness (QED) is 0.237. The van der Waals surface area contributed by atoms with Gasteiger partial charge in [-0.1, -0.05) is 27.7 Å². The number of piperidine rings is 1. The maximum atomic E-state index is 4.92. The topological polar surface area (TPSA) is 42.9 Å². The van der Waals surface area contributed by atoms with E-state index in [1.807, 2.05) is 0 Å². The molecule has 28 heavy (non-hydrogen) atoms. The summed E-state index contributed by atoms with van der Waals surface area (Å²) >= 11 is 0. The zero-order valence-electron chi connectivity index (χ0n) is 19.5. The van der Waals surface area contributed by atoms with E-state index < -0.39 is 0 Å². The summed E-state index contributed by atoms with van der Waals surface area (Å²) in [4.78, 5) is 10.1. The Morgan fingerprint density at radius 2 is 1.89 bits per heavy atom. The van der Waals surface area contributed by atoms with E-state index in [0.717, 1.165) is 38.1 Å². The molecule has 0 amide bonds. The fourth-order valence-corrected chi connectivity index (χ4v) is 3.99. The van der Waals surface area contributed by atoms with E-state index >= 15 is 0 Å². The Labute approximate surface area is 192 Å². The van der Waals surface area contributed by atoms with Gasteiger partial charge in [0.25, 0.3) is 0 Å². The summed E-state index contributed by atoms with van der Waals surface area (Å²) in [6.07, 6.45) is 5.06. The number of nitrogens with one attached hydrogen (secondary N) is 2. The summed E-state index contributed by atoms with van der Waals surface area (Å²) in [5, 5.41) is 7.05. The molecule has 1 aliphatic rings. The van der Waals surface area contributed by atoms with Crippen LogP contribution in [-0.2, 0) is 0 Å². The number of rotatable bonds is 12. The van der Waals surface area contributed by atoms with Crippen LogP contribution in [0.2, 0.25) is 0 Å². The Kier molecular flexibility index (Phi) is 16.6. The third-order valence-corrected chi connectivity index (χ3v) is 5.47. The first-order valence-electron chi connectivity index (χ1n) is 11.5. The van der Waals surface area contributed by atoms with E-state index in [0.29, 0.717) is 12.0 Å². The van der Waals surface area contributed by atoms with Crippen molar-refractivity contribution in [2.45, 2.75) is 73.3 Å². The summed E-state index contributed by atoms with van der Waals surface area (Å²) in [5.41, 5.74) is 0. The average molecular weight is 510 g/mol. The molecule has 2 unspecified atom stereocenters. The molecular formula is C22H48IN5. The van der Waals surface area contributed by atoms with Crippen molar-refractivity contribution < 1.29 is 0 Å². The van der Waals surface area contributed by atoms with Gasteiger partial charge in [-0.15, -0.1) is 24.0 Å². The molecule has 0 aromatic heterocycles. The van der Waals surface area contributed by atoms with Crippen molar-refractivity contribution in [1.82, 2.24) is 20.4 Å². The normalized spacial score (nSPS) is 19.6. The van der Waals surface area contributed by atoms with Gasteiger partial charge < -0.3 is 20.4 Å². The number of halogens is 1. The van der Waals surface area contributed by atoms with Gasteiger partial charge in [0.1, 0.15) is 0 Å². The summed E-state index contributed by atoms with van der Waals surface area (Å²) in [7, 11) is 0. The average Bonchev–Trinajstić information content (AvgIpc) is 2.63. The number of aliphatic imine (C=N–C) groups is 1. The van der Waals surface area contributed by atoms with Gasteiger partial charge in [0.2, 0.25) is 0 Å². The molecule has 2 atom stereocenters. The van der Waals surface area contributed by atoms with Crippen molar-refractivity contribution in [3.05, 3.63) is 0 Å². The van der Waals surface area contributed by atoms with Gasteiger partial charge in [0.05, 0.1) is 0 Å². The van der Waals surface area contributed by atoms with Gasteiger partial charge in [0, 0.05) is 32.2 Å². The summed E-state index contributed by atoms with van der Waals surface area (Å²) in [6.45, 7) is 22.6. The van der Waals surface area contributed by atoms with Crippen LogP contribution in [0.15, 0.2) is 4.99 Å². The van der Waals surface area contributed by atoms with E-state index in [4.69, 9.17) is 4.99 Å². The van der Waals surface area contributed by atoms with Crippen molar-refractivity contribution >= 4 is 29.9 Å². The second kappa shape index (κ2) is 16.7. The molecule has 1 heterocycles. The van der Waals surface area contributed by atoms with Gasteiger partial charge in [-0.2, -0.15) is 0 Å². The Balaban J connectivity index is 0.00000729. The molecule has 6 heteroatoms. The van der Waals surface area contributed by atoms with Gasteiger partial charge >= 0.3 is 0 Å². The van der Waals surface area contributed by atoms with Crippen LogP contribution in [-0.4, -0.2) is 74.2 Å².